The lowest BCUT2D eigenvalue weighted by molar-refractivity contribution is 0.110. The lowest BCUT2D eigenvalue weighted by Crippen LogP contribution is -2.37. The van der Waals surface area contributed by atoms with Gasteiger partial charge in [0, 0.05) is 49.8 Å². The van der Waals surface area contributed by atoms with Gasteiger partial charge in [0.1, 0.15) is 12.4 Å². The molecule has 1 heterocycles. The van der Waals surface area contributed by atoms with E-state index in [1.807, 2.05) is 13.1 Å². The van der Waals surface area contributed by atoms with Gasteiger partial charge < -0.3 is 20.1 Å². The quantitative estimate of drug-likeness (QED) is 0.371. The molecule has 0 unspecified atom stereocenters. The number of aryl methyl sites for hydroxylation is 2. The van der Waals surface area contributed by atoms with Crippen molar-refractivity contribution in [1.82, 2.24) is 15.6 Å². The standard InChI is InChI=1S/C20H30N4O2S/c1-5-25-10-11-26-18-12-15(2)6-7-17(18)14-24-20(21-4)22-9-8-19-23-13-16(3)27-19/h6-7,12-13H,5,8-11,14H2,1-4H3,(H2,21,22,24). The fourth-order valence-electron chi connectivity index (χ4n) is 2.50. The Hall–Kier alpha value is -2.12. The summed E-state index contributed by atoms with van der Waals surface area (Å²) in [5.74, 6) is 1.65. The Morgan fingerprint density at radius 1 is 1.22 bits per heavy atom. The second-order valence-corrected chi connectivity index (χ2v) is 7.44. The molecule has 1 aromatic carbocycles. The highest BCUT2D eigenvalue weighted by Crippen LogP contribution is 2.20. The van der Waals surface area contributed by atoms with E-state index in [9.17, 15) is 0 Å². The first-order valence-electron chi connectivity index (χ1n) is 9.28. The number of aliphatic imine (C=N–C) groups is 1. The molecule has 7 heteroatoms. The van der Waals surface area contributed by atoms with E-state index >= 15 is 0 Å². The minimum absolute atomic E-state index is 0.546. The third kappa shape index (κ3) is 7.56. The van der Waals surface area contributed by atoms with Crippen LogP contribution in [0, 0.1) is 13.8 Å². The number of guanidine groups is 1. The molecule has 0 amide bonds. The summed E-state index contributed by atoms with van der Waals surface area (Å²) in [7, 11) is 1.78. The minimum atomic E-state index is 0.546. The van der Waals surface area contributed by atoms with E-state index in [0.717, 1.165) is 35.2 Å². The largest absolute Gasteiger partial charge is 0.491 e. The molecule has 6 nitrogen and oxygen atoms in total. The van der Waals surface area contributed by atoms with Crippen LogP contribution in [0.15, 0.2) is 29.4 Å². The van der Waals surface area contributed by atoms with Gasteiger partial charge in [0.05, 0.1) is 11.6 Å². The SMILES string of the molecule is CCOCCOc1cc(C)ccc1CNC(=NC)NCCc1ncc(C)s1. The van der Waals surface area contributed by atoms with Gasteiger partial charge in [-0.15, -0.1) is 11.3 Å². The molecule has 2 aromatic rings. The lowest BCUT2D eigenvalue weighted by Gasteiger charge is -2.15. The molecular formula is C20H30N4O2S. The van der Waals surface area contributed by atoms with Gasteiger partial charge in [-0.3, -0.25) is 4.99 Å². The molecule has 0 saturated carbocycles. The molecule has 2 rings (SSSR count). The summed E-state index contributed by atoms with van der Waals surface area (Å²) in [6.07, 6.45) is 2.80. The zero-order valence-corrected chi connectivity index (χ0v) is 17.5. The highest BCUT2D eigenvalue weighted by Gasteiger charge is 2.06. The maximum atomic E-state index is 5.90. The Labute approximate surface area is 166 Å². The van der Waals surface area contributed by atoms with Gasteiger partial charge in [0.25, 0.3) is 0 Å². The average molecular weight is 391 g/mol. The molecule has 0 aliphatic rings. The molecule has 0 aliphatic heterocycles. The minimum Gasteiger partial charge on any atom is -0.491 e. The summed E-state index contributed by atoms with van der Waals surface area (Å²) in [4.78, 5) is 9.91. The van der Waals surface area contributed by atoms with Crippen LogP contribution in [0.5, 0.6) is 5.75 Å². The number of aromatic nitrogens is 1. The maximum absolute atomic E-state index is 5.90. The summed E-state index contributed by atoms with van der Waals surface area (Å²) in [5.41, 5.74) is 2.27. The van der Waals surface area contributed by atoms with Crippen molar-refractivity contribution in [2.75, 3.05) is 33.4 Å². The van der Waals surface area contributed by atoms with Crippen LogP contribution in [-0.4, -0.2) is 44.4 Å². The van der Waals surface area contributed by atoms with Gasteiger partial charge in [-0.1, -0.05) is 12.1 Å². The van der Waals surface area contributed by atoms with Crippen molar-refractivity contribution in [2.45, 2.75) is 33.7 Å². The Morgan fingerprint density at radius 3 is 2.78 bits per heavy atom. The molecule has 148 valence electrons. The van der Waals surface area contributed by atoms with Gasteiger partial charge in [-0.05, 0) is 32.4 Å². The van der Waals surface area contributed by atoms with E-state index < -0.39 is 0 Å². The van der Waals surface area contributed by atoms with Crippen LogP contribution >= 0.6 is 11.3 Å². The predicted octanol–water partition coefficient (Wildman–Crippen LogP) is 3.08. The predicted molar refractivity (Wildman–Crippen MR) is 112 cm³/mol. The van der Waals surface area contributed by atoms with Crippen molar-refractivity contribution >= 4 is 17.3 Å². The van der Waals surface area contributed by atoms with Crippen LogP contribution in [0.2, 0.25) is 0 Å². The van der Waals surface area contributed by atoms with Crippen molar-refractivity contribution in [3.05, 3.63) is 45.4 Å². The number of rotatable bonds is 10. The summed E-state index contributed by atoms with van der Waals surface area (Å²) in [5, 5.41) is 7.82. The third-order valence-electron chi connectivity index (χ3n) is 3.88. The average Bonchev–Trinajstić information content (AvgIpc) is 3.08. The first-order chi connectivity index (χ1) is 13.1. The zero-order valence-electron chi connectivity index (χ0n) is 16.7. The lowest BCUT2D eigenvalue weighted by atomic mass is 10.1. The van der Waals surface area contributed by atoms with Crippen molar-refractivity contribution < 1.29 is 9.47 Å². The topological polar surface area (TPSA) is 67.8 Å². The first kappa shape index (κ1) is 21.2. The van der Waals surface area contributed by atoms with E-state index in [4.69, 9.17) is 9.47 Å². The monoisotopic (exact) mass is 390 g/mol. The van der Waals surface area contributed by atoms with E-state index in [1.54, 1.807) is 18.4 Å². The van der Waals surface area contributed by atoms with Crippen LogP contribution in [0.4, 0.5) is 0 Å². The molecule has 0 atom stereocenters. The molecular weight excluding hydrogens is 360 g/mol. The fourth-order valence-corrected chi connectivity index (χ4v) is 3.29. The Morgan fingerprint density at radius 2 is 2.07 bits per heavy atom. The van der Waals surface area contributed by atoms with Gasteiger partial charge in [0.2, 0.25) is 0 Å². The maximum Gasteiger partial charge on any atom is 0.191 e. The summed E-state index contributed by atoms with van der Waals surface area (Å²) in [6.45, 7) is 9.39. The van der Waals surface area contributed by atoms with Gasteiger partial charge >= 0.3 is 0 Å². The first-order valence-corrected chi connectivity index (χ1v) is 10.1. The number of ether oxygens (including phenoxy) is 2. The van der Waals surface area contributed by atoms with Crippen molar-refractivity contribution in [3.63, 3.8) is 0 Å². The number of benzene rings is 1. The van der Waals surface area contributed by atoms with Crippen LogP contribution < -0.4 is 15.4 Å². The van der Waals surface area contributed by atoms with E-state index in [0.29, 0.717) is 26.4 Å². The second kappa shape index (κ2) is 11.6. The molecule has 0 radical (unpaired) electrons. The Bertz CT molecular complexity index is 731. The number of hydrogen-bond donors (Lipinski definition) is 2. The van der Waals surface area contributed by atoms with Crippen LogP contribution in [-0.2, 0) is 17.7 Å². The van der Waals surface area contributed by atoms with E-state index in [-0.39, 0.29) is 0 Å². The smallest absolute Gasteiger partial charge is 0.191 e. The zero-order chi connectivity index (χ0) is 19.5. The molecule has 0 spiro atoms. The molecule has 27 heavy (non-hydrogen) atoms. The highest BCUT2D eigenvalue weighted by atomic mass is 32.1. The molecule has 0 fully saturated rings. The Kier molecular flexibility index (Phi) is 9.07. The van der Waals surface area contributed by atoms with E-state index in [2.05, 4.69) is 52.7 Å². The van der Waals surface area contributed by atoms with Crippen LogP contribution in [0.25, 0.3) is 0 Å². The van der Waals surface area contributed by atoms with Crippen molar-refractivity contribution in [3.8, 4) is 5.75 Å². The third-order valence-corrected chi connectivity index (χ3v) is 4.85. The summed E-state index contributed by atoms with van der Waals surface area (Å²) in [6, 6.07) is 6.24. The molecule has 0 aliphatic carbocycles. The summed E-state index contributed by atoms with van der Waals surface area (Å²) >= 11 is 1.73. The highest BCUT2D eigenvalue weighted by molar-refractivity contribution is 7.11. The van der Waals surface area contributed by atoms with Crippen LogP contribution in [0.3, 0.4) is 0 Å². The van der Waals surface area contributed by atoms with Gasteiger partial charge in [-0.25, -0.2) is 4.98 Å². The van der Waals surface area contributed by atoms with Gasteiger partial charge in [0.15, 0.2) is 5.96 Å². The molecule has 0 bridgehead atoms. The number of hydrogen-bond acceptors (Lipinski definition) is 5. The molecule has 0 saturated heterocycles. The van der Waals surface area contributed by atoms with Crippen molar-refractivity contribution in [1.29, 1.82) is 0 Å². The van der Waals surface area contributed by atoms with Gasteiger partial charge in [-0.2, -0.15) is 0 Å². The Balaban J connectivity index is 1.83. The molecule has 1 aromatic heterocycles. The van der Waals surface area contributed by atoms with E-state index in [1.165, 1.54) is 10.4 Å². The molecule has 2 N–H and O–H groups in total. The summed E-state index contributed by atoms with van der Waals surface area (Å²) < 4.78 is 11.2. The van der Waals surface area contributed by atoms with Crippen molar-refractivity contribution in [2.24, 2.45) is 4.99 Å². The number of nitrogens with zero attached hydrogens (tertiary/aromatic N) is 2. The second-order valence-electron chi connectivity index (χ2n) is 6.12. The van der Waals surface area contributed by atoms with Crippen LogP contribution in [0.1, 0.15) is 27.9 Å². The fraction of sp³-hybridized carbons (Fsp3) is 0.500. The number of nitrogens with one attached hydrogen (secondary N) is 2. The number of thiazole rings is 1. The normalized spacial score (nSPS) is 11.5.